The minimum absolute atomic E-state index is 0.114. The number of aliphatic hydroxyl groups is 1. The first-order valence-corrected chi connectivity index (χ1v) is 8.50. The number of non-ortho nitro benzene ring substituents is 1. The van der Waals surface area contributed by atoms with E-state index in [1.165, 1.54) is 38.1 Å². The summed E-state index contributed by atoms with van der Waals surface area (Å²) in [6.07, 6.45) is -1.02. The molecule has 0 aromatic heterocycles. The van der Waals surface area contributed by atoms with Gasteiger partial charge in [-0.25, -0.2) is 4.79 Å². The Morgan fingerprint density at radius 2 is 2.04 bits per heavy atom. The molecule has 0 spiro atoms. The number of nitrogens with one attached hydrogen (secondary N) is 1. The van der Waals surface area contributed by atoms with Crippen molar-refractivity contribution in [1.29, 1.82) is 0 Å². The number of hydrogen-bond donors (Lipinski definition) is 2. The van der Waals surface area contributed by atoms with E-state index in [0.717, 1.165) is 0 Å². The zero-order chi connectivity index (χ0) is 20.8. The number of carbonyl (C=O) groups is 3. The van der Waals surface area contributed by atoms with Crippen molar-refractivity contribution >= 4 is 23.3 Å². The van der Waals surface area contributed by atoms with Crippen molar-refractivity contribution in [2.24, 2.45) is 5.92 Å². The van der Waals surface area contributed by atoms with Gasteiger partial charge in [0.25, 0.3) is 11.5 Å². The Labute approximate surface area is 158 Å². The van der Waals surface area contributed by atoms with Gasteiger partial charge in [0.1, 0.15) is 12.6 Å². The van der Waals surface area contributed by atoms with E-state index < -0.39 is 52.2 Å². The Hall–Kier alpha value is -3.21. The van der Waals surface area contributed by atoms with Crippen molar-refractivity contribution in [3.8, 4) is 0 Å². The number of hydrogen-bond acceptors (Lipinski definition) is 7. The van der Waals surface area contributed by atoms with Gasteiger partial charge in [0.2, 0.25) is 11.4 Å². The third-order valence-corrected chi connectivity index (χ3v) is 5.30. The maximum Gasteiger partial charge on any atom is 0.383 e. The molecule has 0 saturated carbocycles. The highest BCUT2D eigenvalue weighted by Gasteiger charge is 2.72. The largest absolute Gasteiger partial charge is 0.505 e. The van der Waals surface area contributed by atoms with Gasteiger partial charge in [0, 0.05) is 19.1 Å². The Balaban J connectivity index is 1.63. The standard InChI is InChI=1S/C17H18N4O7/c1-8(22)11-13(19-15(11)24)17(2)14(23)12(20(17)18)16(25)28-7-9-3-5-10(6-4-9)21(26)27/h3-6,8,11-13,22H,7H2,1-2H3,(H,19,24)/t8-,11-,12?,13-,17-/m1/s1. The molecule has 3 rings (SSSR count). The molecule has 2 aliphatic rings. The fourth-order valence-electron chi connectivity index (χ4n) is 3.53. The number of ether oxygens (including phenoxy) is 1. The van der Waals surface area contributed by atoms with Gasteiger partial charge in [0.15, 0.2) is 0 Å². The first-order valence-electron chi connectivity index (χ1n) is 8.50. The Morgan fingerprint density at radius 3 is 2.50 bits per heavy atom. The monoisotopic (exact) mass is 390 g/mol. The summed E-state index contributed by atoms with van der Waals surface area (Å²) in [4.78, 5) is 46.4. The van der Waals surface area contributed by atoms with Crippen LogP contribution in [0.2, 0.25) is 0 Å². The molecule has 148 valence electrons. The molecule has 5 atom stereocenters. The van der Waals surface area contributed by atoms with Crippen LogP contribution in [0.5, 0.6) is 0 Å². The molecule has 2 heterocycles. The number of nitro benzene ring substituents is 1. The number of β-lactam (4-membered cyclic amide) rings is 1. The fraction of sp³-hybridized carbons (Fsp3) is 0.471. The van der Waals surface area contributed by atoms with Crippen LogP contribution in [0.25, 0.3) is 5.53 Å². The molecule has 0 radical (unpaired) electrons. The minimum Gasteiger partial charge on any atom is -0.505 e. The van der Waals surface area contributed by atoms with E-state index in [0.29, 0.717) is 10.3 Å². The Bertz CT molecular complexity index is 864. The predicted molar refractivity (Wildman–Crippen MR) is 90.8 cm³/mol. The van der Waals surface area contributed by atoms with Gasteiger partial charge in [-0.3, -0.25) is 24.4 Å². The van der Waals surface area contributed by atoms with Crippen molar-refractivity contribution in [3.05, 3.63) is 45.5 Å². The molecular formula is C17H18N4O7. The zero-order valence-electron chi connectivity index (χ0n) is 15.1. The summed E-state index contributed by atoms with van der Waals surface area (Å²) in [5, 5.41) is 22.8. The molecule has 1 aromatic rings. The number of aliphatic hydroxyl groups excluding tert-OH is 1. The van der Waals surface area contributed by atoms with Crippen molar-refractivity contribution < 1.29 is 33.8 Å². The van der Waals surface area contributed by atoms with Crippen LogP contribution in [-0.4, -0.2) is 56.1 Å². The van der Waals surface area contributed by atoms with Crippen LogP contribution in [0.15, 0.2) is 24.3 Å². The smallest absolute Gasteiger partial charge is 0.383 e. The second-order valence-corrected chi connectivity index (χ2v) is 7.04. The van der Waals surface area contributed by atoms with Crippen LogP contribution in [0.1, 0.15) is 19.4 Å². The molecule has 1 aromatic carbocycles. The number of benzene rings is 1. The topological polar surface area (TPSA) is 161 Å². The maximum absolute atomic E-state index is 12.6. The lowest BCUT2D eigenvalue weighted by Gasteiger charge is -2.52. The van der Waals surface area contributed by atoms with Crippen molar-refractivity contribution in [2.45, 2.75) is 44.2 Å². The third-order valence-electron chi connectivity index (χ3n) is 5.30. The first kappa shape index (κ1) is 19.5. The van der Waals surface area contributed by atoms with E-state index in [4.69, 9.17) is 4.74 Å². The maximum atomic E-state index is 12.6. The SMILES string of the molecule is C[C@@H](O)[C@H]1C(=O)N[C@H]1[C@]1(C)C(=O)C(C(=O)OCc2ccc([N+](=O)[O-])cc2)[N+]1=[N-]. The normalized spacial score (nSPS) is 30.0. The van der Waals surface area contributed by atoms with Crippen LogP contribution >= 0.6 is 0 Å². The van der Waals surface area contributed by atoms with Crippen LogP contribution in [0, 0.1) is 16.0 Å². The highest BCUT2D eigenvalue weighted by atomic mass is 16.6. The van der Waals surface area contributed by atoms with Gasteiger partial charge in [-0.2, -0.15) is 0 Å². The Kier molecular flexibility index (Phi) is 4.71. The summed E-state index contributed by atoms with van der Waals surface area (Å²) in [5.41, 5.74) is 9.09. The Morgan fingerprint density at radius 1 is 1.43 bits per heavy atom. The molecule has 0 bridgehead atoms. The third kappa shape index (κ3) is 2.83. The molecule has 11 nitrogen and oxygen atoms in total. The van der Waals surface area contributed by atoms with E-state index in [1.54, 1.807) is 0 Å². The highest BCUT2D eigenvalue weighted by Crippen LogP contribution is 2.39. The molecule has 2 fully saturated rings. The van der Waals surface area contributed by atoms with Crippen molar-refractivity contribution in [3.63, 3.8) is 0 Å². The highest BCUT2D eigenvalue weighted by molar-refractivity contribution is 6.10. The minimum atomic E-state index is -1.55. The molecule has 2 aliphatic heterocycles. The molecule has 2 N–H and O–H groups in total. The molecule has 11 heteroatoms. The average molecular weight is 390 g/mol. The van der Waals surface area contributed by atoms with Crippen LogP contribution in [-0.2, 0) is 25.7 Å². The van der Waals surface area contributed by atoms with Crippen molar-refractivity contribution in [2.75, 3.05) is 0 Å². The summed E-state index contributed by atoms with van der Waals surface area (Å²) in [5.74, 6) is -2.94. The summed E-state index contributed by atoms with van der Waals surface area (Å²) in [6, 6.07) is 2.94. The second-order valence-electron chi connectivity index (χ2n) is 7.04. The fourth-order valence-corrected chi connectivity index (χ4v) is 3.53. The summed E-state index contributed by atoms with van der Waals surface area (Å²) in [7, 11) is 0. The molecule has 28 heavy (non-hydrogen) atoms. The lowest BCUT2D eigenvalue weighted by atomic mass is 9.66. The van der Waals surface area contributed by atoms with Gasteiger partial charge in [-0.1, -0.05) is 0 Å². The molecule has 1 amide bonds. The number of nitrogens with zero attached hydrogens (tertiary/aromatic N) is 3. The van der Waals surface area contributed by atoms with Crippen molar-refractivity contribution in [1.82, 2.24) is 5.32 Å². The summed E-state index contributed by atoms with van der Waals surface area (Å²) >= 11 is 0. The van der Waals surface area contributed by atoms with E-state index >= 15 is 0 Å². The lowest BCUT2D eigenvalue weighted by Crippen LogP contribution is -2.83. The van der Waals surface area contributed by atoms with E-state index in [-0.39, 0.29) is 12.3 Å². The van der Waals surface area contributed by atoms with Crippen LogP contribution < -0.4 is 5.32 Å². The summed E-state index contributed by atoms with van der Waals surface area (Å²) in [6.45, 7) is 2.54. The quantitative estimate of drug-likeness (QED) is 0.171. The van der Waals surface area contributed by atoms with E-state index in [1.807, 2.05) is 0 Å². The molecular weight excluding hydrogens is 372 g/mol. The van der Waals surface area contributed by atoms with E-state index in [9.17, 15) is 35.1 Å². The predicted octanol–water partition coefficient (Wildman–Crippen LogP) is -0.123. The molecule has 0 aliphatic carbocycles. The number of Topliss-reactive ketones (excluding diaryl/α,β-unsaturated/α-hetero) is 1. The number of carbonyl (C=O) groups excluding carboxylic acids is 3. The number of nitro groups is 1. The van der Waals surface area contributed by atoms with E-state index in [2.05, 4.69) is 5.32 Å². The molecule has 2 saturated heterocycles. The first-order chi connectivity index (χ1) is 13.1. The number of esters is 1. The van der Waals surface area contributed by atoms with Gasteiger partial charge >= 0.3 is 12.0 Å². The summed E-state index contributed by atoms with van der Waals surface area (Å²) < 4.78 is 5.56. The van der Waals surface area contributed by atoms with Gasteiger partial charge in [-0.15, -0.1) is 0 Å². The van der Waals surface area contributed by atoms with Gasteiger partial charge in [0.05, 0.1) is 16.9 Å². The second kappa shape index (κ2) is 6.75. The van der Waals surface area contributed by atoms with Gasteiger partial charge < -0.3 is 20.7 Å². The number of ketones is 1. The van der Waals surface area contributed by atoms with Gasteiger partial charge in [-0.05, 0) is 24.6 Å². The number of amides is 1. The lowest BCUT2D eigenvalue weighted by molar-refractivity contribution is -0.664. The zero-order valence-corrected chi connectivity index (χ0v) is 15.1. The average Bonchev–Trinajstić information content (AvgIpc) is 2.63. The van der Waals surface area contributed by atoms with Crippen LogP contribution in [0.3, 0.4) is 0 Å². The van der Waals surface area contributed by atoms with Crippen LogP contribution in [0.4, 0.5) is 5.69 Å². The molecule has 1 unspecified atom stereocenters. The number of rotatable bonds is 6.